The van der Waals surface area contributed by atoms with Crippen molar-refractivity contribution in [3.05, 3.63) is 22.4 Å². The van der Waals surface area contributed by atoms with Gasteiger partial charge in [-0.1, -0.05) is 0 Å². The first kappa shape index (κ1) is 13.1. The molecule has 0 radical (unpaired) electrons. The monoisotopic (exact) mass is 313 g/mol. The molecular weight excluding hydrogens is 298 g/mol. The zero-order valence-corrected chi connectivity index (χ0v) is 11.8. The van der Waals surface area contributed by atoms with Crippen molar-refractivity contribution in [2.75, 3.05) is 13.1 Å². The number of halogens is 1. The van der Waals surface area contributed by atoms with E-state index in [0.29, 0.717) is 18.8 Å². The fourth-order valence-electron chi connectivity index (χ4n) is 1.69. The van der Waals surface area contributed by atoms with Crippen LogP contribution in [0, 0.1) is 5.92 Å². The van der Waals surface area contributed by atoms with E-state index in [4.69, 9.17) is 0 Å². The van der Waals surface area contributed by atoms with E-state index < -0.39 is 0 Å². The van der Waals surface area contributed by atoms with Crippen LogP contribution in [0.4, 0.5) is 0 Å². The molecular formula is C12H16BrN3O2. The van der Waals surface area contributed by atoms with Crippen LogP contribution >= 0.6 is 15.9 Å². The molecule has 1 saturated carbocycles. The fourth-order valence-corrected chi connectivity index (χ4v) is 2.22. The number of aromatic nitrogens is 1. The van der Waals surface area contributed by atoms with E-state index in [9.17, 15) is 9.59 Å². The SMILES string of the molecule is Cn1cc(Br)cc1C(=O)NCCNC(=O)C1CC1. The zero-order valence-electron chi connectivity index (χ0n) is 10.2. The van der Waals surface area contributed by atoms with Crippen molar-refractivity contribution in [2.45, 2.75) is 12.8 Å². The number of rotatable bonds is 5. The Labute approximate surface area is 114 Å². The summed E-state index contributed by atoms with van der Waals surface area (Å²) in [6.45, 7) is 0.923. The predicted octanol–water partition coefficient (Wildman–Crippen LogP) is 1.04. The Kier molecular flexibility index (Phi) is 4.06. The van der Waals surface area contributed by atoms with Gasteiger partial charge in [0.1, 0.15) is 5.69 Å². The minimum atomic E-state index is -0.135. The van der Waals surface area contributed by atoms with Gasteiger partial charge < -0.3 is 15.2 Å². The van der Waals surface area contributed by atoms with E-state index in [1.54, 1.807) is 10.6 Å². The lowest BCUT2D eigenvalue weighted by molar-refractivity contribution is -0.122. The number of nitrogens with zero attached hydrogens (tertiary/aromatic N) is 1. The number of hydrogen-bond donors (Lipinski definition) is 2. The van der Waals surface area contributed by atoms with Gasteiger partial charge in [0.25, 0.3) is 5.91 Å². The van der Waals surface area contributed by atoms with Crippen molar-refractivity contribution in [2.24, 2.45) is 13.0 Å². The number of carbonyl (C=O) groups is 2. The maximum Gasteiger partial charge on any atom is 0.267 e. The molecule has 0 aromatic carbocycles. The number of carbonyl (C=O) groups excluding carboxylic acids is 2. The molecule has 6 heteroatoms. The van der Waals surface area contributed by atoms with Crippen LogP contribution in [0.15, 0.2) is 16.7 Å². The third-order valence-corrected chi connectivity index (χ3v) is 3.30. The number of hydrogen-bond acceptors (Lipinski definition) is 2. The van der Waals surface area contributed by atoms with Crippen molar-refractivity contribution >= 4 is 27.7 Å². The highest BCUT2D eigenvalue weighted by Gasteiger charge is 2.28. The summed E-state index contributed by atoms with van der Waals surface area (Å²) in [5.74, 6) is 0.180. The van der Waals surface area contributed by atoms with Gasteiger partial charge in [0.2, 0.25) is 5.91 Å². The van der Waals surface area contributed by atoms with Crippen LogP contribution in [-0.2, 0) is 11.8 Å². The van der Waals surface area contributed by atoms with Gasteiger partial charge in [-0.2, -0.15) is 0 Å². The Morgan fingerprint density at radius 2 is 2.06 bits per heavy atom. The molecule has 0 saturated heterocycles. The number of nitrogens with one attached hydrogen (secondary N) is 2. The number of amides is 2. The molecule has 2 N–H and O–H groups in total. The molecule has 1 aliphatic rings. The molecule has 1 aromatic rings. The largest absolute Gasteiger partial charge is 0.354 e. The highest BCUT2D eigenvalue weighted by atomic mass is 79.9. The van der Waals surface area contributed by atoms with E-state index >= 15 is 0 Å². The average Bonchev–Trinajstić information content (AvgIpc) is 3.10. The lowest BCUT2D eigenvalue weighted by Crippen LogP contribution is -2.35. The Hall–Kier alpha value is -1.30. The van der Waals surface area contributed by atoms with Crippen LogP contribution in [0.25, 0.3) is 0 Å². The first-order valence-electron chi connectivity index (χ1n) is 5.95. The van der Waals surface area contributed by atoms with Gasteiger partial charge in [0, 0.05) is 36.7 Å². The maximum atomic E-state index is 11.8. The van der Waals surface area contributed by atoms with Gasteiger partial charge in [0.05, 0.1) is 0 Å². The summed E-state index contributed by atoms with van der Waals surface area (Å²) >= 11 is 3.32. The van der Waals surface area contributed by atoms with Crippen LogP contribution in [0.3, 0.4) is 0 Å². The standard InChI is InChI=1S/C12H16BrN3O2/c1-16-7-9(13)6-10(16)12(18)15-5-4-14-11(17)8-2-3-8/h6-8H,2-5H2,1H3,(H,14,17)(H,15,18). The topological polar surface area (TPSA) is 63.1 Å². The van der Waals surface area contributed by atoms with Crippen molar-refractivity contribution in [1.82, 2.24) is 15.2 Å². The molecule has 0 bridgehead atoms. The van der Waals surface area contributed by atoms with Gasteiger partial charge in [-0.3, -0.25) is 9.59 Å². The summed E-state index contributed by atoms with van der Waals surface area (Å²) in [6, 6.07) is 1.76. The first-order valence-corrected chi connectivity index (χ1v) is 6.75. The van der Waals surface area contributed by atoms with Crippen molar-refractivity contribution < 1.29 is 9.59 Å². The summed E-state index contributed by atoms with van der Waals surface area (Å²) < 4.78 is 2.62. The summed E-state index contributed by atoms with van der Waals surface area (Å²) in [7, 11) is 1.81. The molecule has 2 amide bonds. The minimum absolute atomic E-state index is 0.103. The molecule has 0 aliphatic heterocycles. The van der Waals surface area contributed by atoms with Crippen LogP contribution in [0.2, 0.25) is 0 Å². The second-order valence-electron chi connectivity index (χ2n) is 4.48. The Morgan fingerprint density at radius 1 is 1.39 bits per heavy atom. The highest BCUT2D eigenvalue weighted by molar-refractivity contribution is 9.10. The van der Waals surface area contributed by atoms with E-state index in [2.05, 4.69) is 26.6 Å². The number of aryl methyl sites for hydroxylation is 1. The Bertz CT molecular complexity index is 466. The highest BCUT2D eigenvalue weighted by Crippen LogP contribution is 2.28. The molecule has 2 rings (SSSR count). The second-order valence-corrected chi connectivity index (χ2v) is 5.39. The van der Waals surface area contributed by atoms with Crippen LogP contribution in [-0.4, -0.2) is 29.5 Å². The fraction of sp³-hybridized carbons (Fsp3) is 0.500. The maximum absolute atomic E-state index is 11.8. The van der Waals surface area contributed by atoms with Gasteiger partial charge in [0.15, 0.2) is 0 Å². The molecule has 1 aliphatic carbocycles. The minimum Gasteiger partial charge on any atom is -0.354 e. The molecule has 0 atom stereocenters. The van der Waals surface area contributed by atoms with Gasteiger partial charge in [-0.15, -0.1) is 0 Å². The smallest absolute Gasteiger partial charge is 0.267 e. The van der Waals surface area contributed by atoms with E-state index in [1.165, 1.54) is 0 Å². The Morgan fingerprint density at radius 3 is 2.61 bits per heavy atom. The molecule has 0 unspecified atom stereocenters. The normalized spacial score (nSPS) is 14.3. The molecule has 0 spiro atoms. The third kappa shape index (κ3) is 3.35. The Balaban J connectivity index is 1.71. The van der Waals surface area contributed by atoms with Crippen LogP contribution in [0.1, 0.15) is 23.3 Å². The summed E-state index contributed by atoms with van der Waals surface area (Å²) in [5, 5.41) is 5.57. The van der Waals surface area contributed by atoms with Gasteiger partial charge in [-0.25, -0.2) is 0 Å². The van der Waals surface area contributed by atoms with Crippen molar-refractivity contribution in [3.63, 3.8) is 0 Å². The molecule has 5 nitrogen and oxygen atoms in total. The first-order chi connectivity index (χ1) is 8.58. The van der Waals surface area contributed by atoms with Crippen molar-refractivity contribution in [3.8, 4) is 0 Å². The average molecular weight is 314 g/mol. The lowest BCUT2D eigenvalue weighted by atomic mass is 10.4. The molecule has 18 heavy (non-hydrogen) atoms. The lowest BCUT2D eigenvalue weighted by Gasteiger charge is -2.07. The van der Waals surface area contributed by atoms with E-state index in [1.807, 2.05) is 13.2 Å². The third-order valence-electron chi connectivity index (χ3n) is 2.86. The second kappa shape index (κ2) is 5.56. The van der Waals surface area contributed by atoms with Gasteiger partial charge in [-0.05, 0) is 34.8 Å². The van der Waals surface area contributed by atoms with E-state index in [-0.39, 0.29) is 17.7 Å². The summed E-state index contributed by atoms with van der Waals surface area (Å²) in [5.41, 5.74) is 0.593. The van der Waals surface area contributed by atoms with Crippen LogP contribution in [0.5, 0.6) is 0 Å². The zero-order chi connectivity index (χ0) is 13.1. The van der Waals surface area contributed by atoms with Crippen LogP contribution < -0.4 is 10.6 Å². The molecule has 1 fully saturated rings. The predicted molar refractivity (Wildman–Crippen MR) is 71.2 cm³/mol. The van der Waals surface area contributed by atoms with Crippen molar-refractivity contribution in [1.29, 1.82) is 0 Å². The molecule has 1 heterocycles. The van der Waals surface area contributed by atoms with Gasteiger partial charge >= 0.3 is 0 Å². The van der Waals surface area contributed by atoms with E-state index in [0.717, 1.165) is 17.3 Å². The molecule has 1 aromatic heterocycles. The quantitative estimate of drug-likeness (QED) is 0.798. The molecule has 98 valence electrons. The summed E-state index contributed by atoms with van der Waals surface area (Å²) in [4.78, 5) is 23.1. The summed E-state index contributed by atoms with van der Waals surface area (Å²) in [6.07, 6.45) is 3.81.